The standard InChI is InChI=1S/C17H25NO2/c1-4-13-6-8-14(9-7-13)18(3)16-11-12(2)5-10-15(16)17(19)20/h5,10-11,13-14H,4,6-9H2,1-3H3,(H,19,20). The average Bonchev–Trinajstić information content (AvgIpc) is 2.46. The third-order valence-corrected chi connectivity index (χ3v) is 4.70. The van der Waals surface area contributed by atoms with Gasteiger partial charge in [-0.1, -0.05) is 19.4 Å². The van der Waals surface area contributed by atoms with Crippen molar-refractivity contribution < 1.29 is 9.90 Å². The Morgan fingerprint density at radius 3 is 2.50 bits per heavy atom. The van der Waals surface area contributed by atoms with E-state index in [-0.39, 0.29) is 0 Å². The number of benzene rings is 1. The first-order chi connectivity index (χ1) is 9.52. The van der Waals surface area contributed by atoms with Crippen molar-refractivity contribution in [2.24, 2.45) is 5.92 Å². The Kier molecular flexibility index (Phi) is 4.69. The maximum atomic E-state index is 11.4. The van der Waals surface area contributed by atoms with Crippen LogP contribution in [0.1, 0.15) is 54.9 Å². The quantitative estimate of drug-likeness (QED) is 0.899. The lowest BCUT2D eigenvalue weighted by Crippen LogP contribution is -2.36. The van der Waals surface area contributed by atoms with Gasteiger partial charge < -0.3 is 10.0 Å². The van der Waals surface area contributed by atoms with Crippen LogP contribution >= 0.6 is 0 Å². The molecule has 1 N–H and O–H groups in total. The van der Waals surface area contributed by atoms with Gasteiger partial charge in [-0.15, -0.1) is 0 Å². The molecule has 0 aromatic heterocycles. The van der Waals surface area contributed by atoms with Gasteiger partial charge >= 0.3 is 5.97 Å². The van der Waals surface area contributed by atoms with Crippen LogP contribution < -0.4 is 4.90 Å². The largest absolute Gasteiger partial charge is 0.478 e. The molecule has 0 heterocycles. The summed E-state index contributed by atoms with van der Waals surface area (Å²) in [6, 6.07) is 6.06. The molecule has 3 heteroatoms. The van der Waals surface area contributed by atoms with E-state index in [0.717, 1.165) is 17.2 Å². The van der Waals surface area contributed by atoms with Gasteiger partial charge in [0.25, 0.3) is 0 Å². The first kappa shape index (κ1) is 14.9. The lowest BCUT2D eigenvalue weighted by molar-refractivity contribution is 0.0697. The molecule has 1 aromatic carbocycles. The van der Waals surface area contributed by atoms with Gasteiger partial charge in [-0.2, -0.15) is 0 Å². The Morgan fingerprint density at radius 1 is 1.30 bits per heavy atom. The van der Waals surface area contributed by atoms with Crippen LogP contribution in [0.25, 0.3) is 0 Å². The summed E-state index contributed by atoms with van der Waals surface area (Å²) in [7, 11) is 2.04. The van der Waals surface area contributed by atoms with Crippen LogP contribution in [0.4, 0.5) is 5.69 Å². The fourth-order valence-corrected chi connectivity index (χ4v) is 3.25. The summed E-state index contributed by atoms with van der Waals surface area (Å²) in [5.74, 6) is 0.0187. The maximum absolute atomic E-state index is 11.4. The summed E-state index contributed by atoms with van der Waals surface area (Å²) in [6.07, 6.45) is 6.13. The minimum absolute atomic E-state index is 0.413. The van der Waals surface area contributed by atoms with E-state index in [9.17, 15) is 9.90 Å². The van der Waals surface area contributed by atoms with Crippen molar-refractivity contribution in [3.05, 3.63) is 29.3 Å². The predicted molar refractivity (Wildman–Crippen MR) is 82.6 cm³/mol. The number of anilines is 1. The first-order valence-corrected chi connectivity index (χ1v) is 7.59. The zero-order valence-electron chi connectivity index (χ0n) is 12.7. The molecule has 110 valence electrons. The topological polar surface area (TPSA) is 40.5 Å². The van der Waals surface area contributed by atoms with E-state index >= 15 is 0 Å². The van der Waals surface area contributed by atoms with Crippen LogP contribution in [0.2, 0.25) is 0 Å². The minimum atomic E-state index is -0.839. The zero-order chi connectivity index (χ0) is 14.7. The van der Waals surface area contributed by atoms with E-state index < -0.39 is 5.97 Å². The van der Waals surface area contributed by atoms with Crippen LogP contribution in [-0.2, 0) is 0 Å². The molecule has 1 aromatic rings. The molecule has 0 aliphatic heterocycles. The molecule has 20 heavy (non-hydrogen) atoms. The summed E-state index contributed by atoms with van der Waals surface area (Å²) in [4.78, 5) is 13.6. The number of nitrogens with zero attached hydrogens (tertiary/aromatic N) is 1. The van der Waals surface area contributed by atoms with Gasteiger partial charge in [-0.25, -0.2) is 4.79 Å². The third-order valence-electron chi connectivity index (χ3n) is 4.70. The van der Waals surface area contributed by atoms with Gasteiger partial charge in [-0.3, -0.25) is 0 Å². The normalized spacial score (nSPS) is 22.6. The zero-order valence-corrected chi connectivity index (χ0v) is 12.7. The average molecular weight is 275 g/mol. The van der Waals surface area contributed by atoms with Gasteiger partial charge in [0.1, 0.15) is 0 Å². The minimum Gasteiger partial charge on any atom is -0.478 e. The van der Waals surface area contributed by atoms with Crippen LogP contribution in [0.3, 0.4) is 0 Å². The highest BCUT2D eigenvalue weighted by molar-refractivity contribution is 5.94. The van der Waals surface area contributed by atoms with Crippen molar-refractivity contribution >= 4 is 11.7 Å². The monoisotopic (exact) mass is 275 g/mol. The fraction of sp³-hybridized carbons (Fsp3) is 0.588. The molecule has 1 aliphatic carbocycles. The number of rotatable bonds is 4. The van der Waals surface area contributed by atoms with E-state index in [2.05, 4.69) is 11.8 Å². The third kappa shape index (κ3) is 3.14. The molecule has 2 rings (SSSR count). The van der Waals surface area contributed by atoms with Crippen molar-refractivity contribution in [2.75, 3.05) is 11.9 Å². The number of aromatic carboxylic acids is 1. The second-order valence-electron chi connectivity index (χ2n) is 6.02. The Hall–Kier alpha value is -1.51. The van der Waals surface area contributed by atoms with Crippen molar-refractivity contribution in [3.63, 3.8) is 0 Å². The summed E-state index contributed by atoms with van der Waals surface area (Å²) in [6.45, 7) is 4.27. The van der Waals surface area contributed by atoms with Gasteiger partial charge in [0, 0.05) is 13.1 Å². The number of carboxylic acid groups (broad SMARTS) is 1. The van der Waals surface area contributed by atoms with Gasteiger partial charge in [0.2, 0.25) is 0 Å². The summed E-state index contributed by atoms with van der Waals surface area (Å²) in [5, 5.41) is 9.36. The van der Waals surface area contributed by atoms with Crippen molar-refractivity contribution in [1.29, 1.82) is 0 Å². The molecule has 0 spiro atoms. The molecule has 1 saturated carbocycles. The SMILES string of the molecule is CCC1CCC(N(C)c2cc(C)ccc2C(=O)O)CC1. The summed E-state index contributed by atoms with van der Waals surface area (Å²) in [5.41, 5.74) is 2.38. The van der Waals surface area contributed by atoms with E-state index in [1.807, 2.05) is 26.1 Å². The molecule has 0 radical (unpaired) electrons. The lowest BCUT2D eigenvalue weighted by Gasteiger charge is -2.36. The Bertz CT molecular complexity index is 476. The number of aryl methyl sites for hydroxylation is 1. The molecule has 0 amide bonds. The van der Waals surface area contributed by atoms with Crippen LogP contribution in [0, 0.1) is 12.8 Å². The number of hydrogen-bond donors (Lipinski definition) is 1. The number of carboxylic acids is 1. The highest BCUT2D eigenvalue weighted by Crippen LogP contribution is 2.32. The van der Waals surface area contributed by atoms with Crippen molar-refractivity contribution in [2.45, 2.75) is 52.0 Å². The van der Waals surface area contributed by atoms with Gasteiger partial charge in [0.05, 0.1) is 11.3 Å². The Labute approximate surface area is 121 Å². The molecule has 3 nitrogen and oxygen atoms in total. The summed E-state index contributed by atoms with van der Waals surface area (Å²) < 4.78 is 0. The van der Waals surface area contributed by atoms with Crippen LogP contribution in [-0.4, -0.2) is 24.2 Å². The fourth-order valence-electron chi connectivity index (χ4n) is 3.25. The smallest absolute Gasteiger partial charge is 0.337 e. The van der Waals surface area contributed by atoms with E-state index in [4.69, 9.17) is 0 Å². The highest BCUT2D eigenvalue weighted by atomic mass is 16.4. The molecular weight excluding hydrogens is 250 g/mol. The Balaban J connectivity index is 2.18. The molecular formula is C17H25NO2. The molecule has 0 unspecified atom stereocenters. The maximum Gasteiger partial charge on any atom is 0.337 e. The highest BCUT2D eigenvalue weighted by Gasteiger charge is 2.25. The molecule has 1 aliphatic rings. The first-order valence-electron chi connectivity index (χ1n) is 7.59. The van der Waals surface area contributed by atoms with E-state index in [1.54, 1.807) is 6.07 Å². The number of hydrogen-bond acceptors (Lipinski definition) is 2. The molecule has 0 saturated heterocycles. The van der Waals surface area contributed by atoms with Crippen LogP contribution in [0.5, 0.6) is 0 Å². The van der Waals surface area contributed by atoms with E-state index in [0.29, 0.717) is 11.6 Å². The van der Waals surface area contributed by atoms with Gasteiger partial charge in [-0.05, 0) is 56.2 Å². The second kappa shape index (κ2) is 6.29. The Morgan fingerprint density at radius 2 is 1.95 bits per heavy atom. The van der Waals surface area contributed by atoms with Crippen molar-refractivity contribution in [3.8, 4) is 0 Å². The molecule has 0 bridgehead atoms. The molecule has 0 atom stereocenters. The number of carbonyl (C=O) groups is 1. The van der Waals surface area contributed by atoms with E-state index in [1.165, 1.54) is 32.1 Å². The van der Waals surface area contributed by atoms with Crippen LogP contribution in [0.15, 0.2) is 18.2 Å². The summed E-state index contributed by atoms with van der Waals surface area (Å²) >= 11 is 0. The lowest BCUT2D eigenvalue weighted by atomic mass is 9.84. The van der Waals surface area contributed by atoms with Gasteiger partial charge in [0.15, 0.2) is 0 Å². The predicted octanol–water partition coefficient (Wildman–Crippen LogP) is 4.10. The van der Waals surface area contributed by atoms with Crippen molar-refractivity contribution in [1.82, 2.24) is 0 Å². The molecule has 1 fully saturated rings. The second-order valence-corrected chi connectivity index (χ2v) is 6.02.